The summed E-state index contributed by atoms with van der Waals surface area (Å²) in [5.41, 5.74) is 0.784. The summed E-state index contributed by atoms with van der Waals surface area (Å²) in [5.74, 6) is 0.642. The predicted molar refractivity (Wildman–Crippen MR) is 67.9 cm³/mol. The van der Waals surface area contributed by atoms with E-state index in [2.05, 4.69) is 11.7 Å². The quantitative estimate of drug-likeness (QED) is 0.589. The van der Waals surface area contributed by atoms with E-state index in [4.69, 9.17) is 4.52 Å². The molecule has 0 fully saturated rings. The molecule has 0 radical (unpaired) electrons. The van der Waals surface area contributed by atoms with Crippen LogP contribution in [0.2, 0.25) is 0 Å². The van der Waals surface area contributed by atoms with E-state index in [9.17, 15) is 4.89 Å². The molecule has 1 atom stereocenters. The average molecular weight is 237 g/mol. The van der Waals surface area contributed by atoms with Crippen molar-refractivity contribution in [2.24, 2.45) is 0 Å². The highest BCUT2D eigenvalue weighted by Crippen LogP contribution is 2.30. The zero-order valence-electron chi connectivity index (χ0n) is 9.26. The first-order valence-electron chi connectivity index (χ1n) is 5.07. The fraction of sp³-hybridized carbons (Fsp3) is 0.167. The van der Waals surface area contributed by atoms with Gasteiger partial charge in [-0.15, -0.1) is 0 Å². The largest absolute Gasteiger partial charge is 0.432 e. The Bertz CT molecular complexity index is 351. The zero-order chi connectivity index (χ0) is 11.8. The Kier molecular flexibility index (Phi) is 5.62. The van der Waals surface area contributed by atoms with Crippen LogP contribution < -0.4 is 9.61 Å². The van der Waals surface area contributed by atoms with E-state index in [1.807, 2.05) is 31.2 Å². The van der Waals surface area contributed by atoms with Gasteiger partial charge in [0.1, 0.15) is 5.75 Å². The van der Waals surface area contributed by atoms with Gasteiger partial charge in [-0.3, -0.25) is 0 Å². The molecule has 0 spiro atoms. The Morgan fingerprint density at radius 1 is 1.50 bits per heavy atom. The molecule has 0 bridgehead atoms. The first-order valence-corrected chi connectivity index (χ1v) is 6.28. The lowest BCUT2D eigenvalue weighted by Gasteiger charge is -2.14. The van der Waals surface area contributed by atoms with Crippen LogP contribution in [0.5, 0.6) is 5.75 Å². The Morgan fingerprint density at radius 3 is 2.75 bits per heavy atom. The number of allylic oxidation sites excluding steroid dienone is 2. The maximum atomic E-state index is 9.67. The van der Waals surface area contributed by atoms with E-state index in [0.29, 0.717) is 5.75 Å². The number of para-hydroxylation sites is 1. The van der Waals surface area contributed by atoms with Gasteiger partial charge in [-0.05, 0) is 24.6 Å². The van der Waals surface area contributed by atoms with E-state index in [0.717, 1.165) is 12.1 Å². The van der Waals surface area contributed by atoms with E-state index < -0.39 is 8.53 Å². The van der Waals surface area contributed by atoms with Crippen LogP contribution in [-0.4, -0.2) is 4.89 Å². The first kappa shape index (κ1) is 12.8. The molecule has 2 N–H and O–H groups in total. The minimum absolute atomic E-state index is 0.642. The lowest BCUT2D eigenvalue weighted by atomic mass is 10.3. The minimum Gasteiger partial charge on any atom is -0.432 e. The van der Waals surface area contributed by atoms with Crippen molar-refractivity contribution in [3.63, 3.8) is 0 Å². The lowest BCUT2D eigenvalue weighted by Crippen LogP contribution is -2.08. The minimum atomic E-state index is -1.70. The van der Waals surface area contributed by atoms with Gasteiger partial charge >= 0.3 is 8.53 Å². The second-order valence-electron chi connectivity index (χ2n) is 3.06. The van der Waals surface area contributed by atoms with Gasteiger partial charge in [-0.2, -0.15) is 0 Å². The topological polar surface area (TPSA) is 41.5 Å². The van der Waals surface area contributed by atoms with E-state index >= 15 is 0 Å². The molecule has 3 nitrogen and oxygen atoms in total. The molecule has 0 aromatic heterocycles. The standard InChI is InChI=1S/C12H16NO2P/c1-3-8-11(4-2)13-16(14)15-12-9-6-5-7-10-12/h4-10,13-14H,2-3H2,1H3/b11-8+. The summed E-state index contributed by atoms with van der Waals surface area (Å²) < 4.78 is 5.31. The highest BCUT2D eigenvalue weighted by Gasteiger charge is 2.07. The van der Waals surface area contributed by atoms with Crippen LogP contribution in [-0.2, 0) is 0 Å². The number of nitrogens with one attached hydrogen (secondary N) is 1. The molecule has 1 aromatic rings. The van der Waals surface area contributed by atoms with E-state index in [-0.39, 0.29) is 0 Å². The van der Waals surface area contributed by atoms with Crippen molar-refractivity contribution in [2.45, 2.75) is 13.3 Å². The van der Waals surface area contributed by atoms with Crippen molar-refractivity contribution in [1.29, 1.82) is 0 Å². The van der Waals surface area contributed by atoms with Crippen LogP contribution in [0.3, 0.4) is 0 Å². The molecular formula is C12H16NO2P. The van der Waals surface area contributed by atoms with Crippen molar-refractivity contribution < 1.29 is 9.42 Å². The molecule has 0 aliphatic rings. The van der Waals surface area contributed by atoms with Crippen LogP contribution in [0.1, 0.15) is 13.3 Å². The van der Waals surface area contributed by atoms with E-state index in [1.54, 1.807) is 18.2 Å². The third-order valence-electron chi connectivity index (χ3n) is 1.80. The van der Waals surface area contributed by atoms with Gasteiger partial charge in [0.25, 0.3) is 0 Å². The third-order valence-corrected chi connectivity index (χ3v) is 2.64. The number of hydrogen-bond donors (Lipinski definition) is 2. The molecule has 16 heavy (non-hydrogen) atoms. The Morgan fingerprint density at radius 2 is 2.19 bits per heavy atom. The number of rotatable bonds is 6. The maximum Gasteiger partial charge on any atom is 0.347 e. The fourth-order valence-electron chi connectivity index (χ4n) is 1.11. The first-order chi connectivity index (χ1) is 7.76. The maximum absolute atomic E-state index is 9.67. The second-order valence-corrected chi connectivity index (χ2v) is 4.01. The predicted octanol–water partition coefficient (Wildman–Crippen LogP) is 3.35. The van der Waals surface area contributed by atoms with Gasteiger partial charge in [-0.1, -0.05) is 37.8 Å². The van der Waals surface area contributed by atoms with Crippen molar-refractivity contribution >= 4 is 8.53 Å². The van der Waals surface area contributed by atoms with Crippen LogP contribution >= 0.6 is 8.53 Å². The highest BCUT2D eigenvalue weighted by atomic mass is 31.2. The molecule has 1 rings (SSSR count). The molecule has 1 unspecified atom stereocenters. The van der Waals surface area contributed by atoms with Gasteiger partial charge in [0.15, 0.2) is 0 Å². The summed E-state index contributed by atoms with van der Waals surface area (Å²) in [6, 6.07) is 9.20. The highest BCUT2D eigenvalue weighted by molar-refractivity contribution is 7.44. The molecule has 86 valence electrons. The normalized spacial score (nSPS) is 13.0. The SMILES string of the molecule is C=C/C(=C\CC)NP(O)Oc1ccccc1. The van der Waals surface area contributed by atoms with Gasteiger partial charge in [0.05, 0.1) is 0 Å². The molecule has 0 saturated heterocycles. The summed E-state index contributed by atoms with van der Waals surface area (Å²) in [6.07, 6.45) is 4.47. The summed E-state index contributed by atoms with van der Waals surface area (Å²) >= 11 is 0. The Balaban J connectivity index is 2.50. The van der Waals surface area contributed by atoms with Crippen molar-refractivity contribution in [3.05, 3.63) is 54.8 Å². The molecule has 0 amide bonds. The smallest absolute Gasteiger partial charge is 0.347 e. The van der Waals surface area contributed by atoms with Gasteiger partial charge in [-0.25, -0.2) is 0 Å². The zero-order valence-corrected chi connectivity index (χ0v) is 10.2. The van der Waals surface area contributed by atoms with Gasteiger partial charge in [0, 0.05) is 5.70 Å². The van der Waals surface area contributed by atoms with Crippen LogP contribution in [0.15, 0.2) is 54.8 Å². The number of hydrogen-bond acceptors (Lipinski definition) is 3. The van der Waals surface area contributed by atoms with E-state index in [1.165, 1.54) is 0 Å². The molecule has 0 saturated carbocycles. The summed E-state index contributed by atoms with van der Waals surface area (Å²) in [7, 11) is -1.70. The molecular weight excluding hydrogens is 221 g/mol. The summed E-state index contributed by atoms with van der Waals surface area (Å²) in [5, 5.41) is 2.86. The van der Waals surface area contributed by atoms with Crippen molar-refractivity contribution in [2.75, 3.05) is 0 Å². The molecule has 1 aromatic carbocycles. The van der Waals surface area contributed by atoms with Crippen LogP contribution in [0.4, 0.5) is 0 Å². The van der Waals surface area contributed by atoms with Crippen molar-refractivity contribution in [1.82, 2.24) is 5.09 Å². The third kappa shape index (κ3) is 4.47. The van der Waals surface area contributed by atoms with Gasteiger partial charge < -0.3 is 14.5 Å². The second kappa shape index (κ2) is 7.04. The lowest BCUT2D eigenvalue weighted by molar-refractivity contribution is 0.477. The van der Waals surface area contributed by atoms with Crippen molar-refractivity contribution in [3.8, 4) is 5.75 Å². The Hall–Kier alpha value is -1.31. The number of benzene rings is 1. The molecule has 4 heteroatoms. The Labute approximate surface area is 97.4 Å². The fourth-order valence-corrected chi connectivity index (χ4v) is 1.88. The monoisotopic (exact) mass is 237 g/mol. The van der Waals surface area contributed by atoms with Crippen LogP contribution in [0.25, 0.3) is 0 Å². The van der Waals surface area contributed by atoms with Gasteiger partial charge in [0.2, 0.25) is 0 Å². The summed E-state index contributed by atoms with van der Waals surface area (Å²) in [6.45, 7) is 5.67. The summed E-state index contributed by atoms with van der Waals surface area (Å²) in [4.78, 5) is 9.67. The molecule has 0 heterocycles. The molecule has 0 aliphatic heterocycles. The molecule has 0 aliphatic carbocycles. The van der Waals surface area contributed by atoms with Crippen LogP contribution in [0, 0.1) is 0 Å². The average Bonchev–Trinajstić information content (AvgIpc) is 2.29.